The third-order valence-electron chi connectivity index (χ3n) is 3.35. The zero-order valence-electron chi connectivity index (χ0n) is 13.2. The molecule has 2 nitrogen and oxygen atoms in total. The SMILES string of the molecule is C.O=CCCCc1ccccc1.OCCCCc1ccccc1. The first kappa shape index (κ1) is 21.1. The molecule has 0 aromatic heterocycles. The van der Waals surface area contributed by atoms with Crippen molar-refractivity contribution in [1.29, 1.82) is 0 Å². The van der Waals surface area contributed by atoms with Crippen LogP contribution in [0.1, 0.15) is 44.2 Å². The molecule has 2 aromatic carbocycles. The van der Waals surface area contributed by atoms with Crippen LogP contribution < -0.4 is 0 Å². The van der Waals surface area contributed by atoms with Gasteiger partial charge in [-0.1, -0.05) is 68.1 Å². The van der Waals surface area contributed by atoms with E-state index in [0.29, 0.717) is 13.0 Å². The van der Waals surface area contributed by atoms with Gasteiger partial charge in [-0.15, -0.1) is 0 Å². The van der Waals surface area contributed by atoms with Crippen molar-refractivity contribution >= 4 is 6.29 Å². The number of carbonyl (C=O) groups excluding carboxylic acids is 1. The van der Waals surface area contributed by atoms with Crippen molar-refractivity contribution in [3.8, 4) is 0 Å². The molecule has 0 amide bonds. The molecule has 1 N–H and O–H groups in total. The summed E-state index contributed by atoms with van der Waals surface area (Å²) in [6, 6.07) is 20.6. The maximum Gasteiger partial charge on any atom is 0.120 e. The lowest BCUT2D eigenvalue weighted by molar-refractivity contribution is -0.107. The van der Waals surface area contributed by atoms with E-state index in [0.717, 1.165) is 38.4 Å². The molecule has 0 fully saturated rings. The Morgan fingerprint density at radius 2 is 1.22 bits per heavy atom. The standard InChI is InChI=1S/C10H14O.C10H12O.CH4/c2*11-9-5-4-8-10-6-2-1-3-7-10;/h1-3,6-7,11H,4-5,8-9H2;1-3,6-7,9H,4-5,8H2;1H4. The highest BCUT2D eigenvalue weighted by molar-refractivity contribution is 5.49. The number of aldehydes is 1. The molecule has 0 bridgehead atoms. The second-order valence-corrected chi connectivity index (χ2v) is 5.21. The summed E-state index contributed by atoms with van der Waals surface area (Å²) in [6.07, 6.45) is 6.71. The number of unbranched alkanes of at least 4 members (excludes halogenated alkanes) is 2. The van der Waals surface area contributed by atoms with Gasteiger partial charge in [-0.25, -0.2) is 0 Å². The van der Waals surface area contributed by atoms with Crippen molar-refractivity contribution in [3.63, 3.8) is 0 Å². The van der Waals surface area contributed by atoms with Gasteiger partial charge in [0, 0.05) is 13.0 Å². The first-order valence-electron chi connectivity index (χ1n) is 7.99. The van der Waals surface area contributed by atoms with E-state index >= 15 is 0 Å². The van der Waals surface area contributed by atoms with Gasteiger partial charge in [0.1, 0.15) is 6.29 Å². The number of hydrogen-bond donors (Lipinski definition) is 1. The fourth-order valence-corrected chi connectivity index (χ4v) is 2.12. The molecule has 2 aromatic rings. The van der Waals surface area contributed by atoms with Crippen LogP contribution in [0.15, 0.2) is 60.7 Å². The lowest BCUT2D eigenvalue weighted by Gasteiger charge is -1.97. The molecule has 2 rings (SSSR count). The molecule has 0 aliphatic carbocycles. The van der Waals surface area contributed by atoms with Gasteiger partial charge in [0.05, 0.1) is 0 Å². The van der Waals surface area contributed by atoms with E-state index in [-0.39, 0.29) is 7.43 Å². The minimum atomic E-state index is 0. The molecule has 0 unspecified atom stereocenters. The Morgan fingerprint density at radius 3 is 1.65 bits per heavy atom. The monoisotopic (exact) mass is 314 g/mol. The molecule has 0 atom stereocenters. The van der Waals surface area contributed by atoms with Gasteiger partial charge >= 0.3 is 0 Å². The average Bonchev–Trinajstić information content (AvgIpc) is 2.58. The van der Waals surface area contributed by atoms with E-state index in [4.69, 9.17) is 5.11 Å². The number of hydrogen-bond acceptors (Lipinski definition) is 2. The van der Waals surface area contributed by atoms with Gasteiger partial charge < -0.3 is 9.90 Å². The maximum absolute atomic E-state index is 10.00. The van der Waals surface area contributed by atoms with E-state index in [1.54, 1.807) is 0 Å². The van der Waals surface area contributed by atoms with Crippen LogP contribution in [0.25, 0.3) is 0 Å². The van der Waals surface area contributed by atoms with Crippen LogP contribution in [0.5, 0.6) is 0 Å². The normalized spacial score (nSPS) is 9.26. The Hall–Kier alpha value is -1.93. The number of rotatable bonds is 8. The van der Waals surface area contributed by atoms with Crippen LogP contribution >= 0.6 is 0 Å². The Labute approximate surface area is 141 Å². The highest BCUT2D eigenvalue weighted by Crippen LogP contribution is 2.04. The molecule has 0 aliphatic rings. The summed E-state index contributed by atoms with van der Waals surface area (Å²) in [5.74, 6) is 0. The van der Waals surface area contributed by atoms with Gasteiger partial charge in [-0.2, -0.15) is 0 Å². The highest BCUT2D eigenvalue weighted by atomic mass is 16.2. The fraction of sp³-hybridized carbons (Fsp3) is 0.381. The quantitative estimate of drug-likeness (QED) is 0.559. The third-order valence-corrected chi connectivity index (χ3v) is 3.35. The van der Waals surface area contributed by atoms with E-state index in [2.05, 4.69) is 24.3 Å². The summed E-state index contributed by atoms with van der Waals surface area (Å²) in [6.45, 7) is 0.312. The van der Waals surface area contributed by atoms with Crippen LogP contribution in [-0.4, -0.2) is 18.0 Å². The second kappa shape index (κ2) is 15.0. The lowest BCUT2D eigenvalue weighted by atomic mass is 10.1. The zero-order chi connectivity index (χ0) is 15.9. The smallest absolute Gasteiger partial charge is 0.120 e. The Kier molecular flexibility index (Phi) is 13.7. The largest absolute Gasteiger partial charge is 0.396 e. The number of carbonyl (C=O) groups is 1. The van der Waals surface area contributed by atoms with Crippen molar-refractivity contribution < 1.29 is 9.90 Å². The minimum Gasteiger partial charge on any atom is -0.396 e. The summed E-state index contributed by atoms with van der Waals surface area (Å²) < 4.78 is 0. The minimum absolute atomic E-state index is 0. The molecular formula is C21H30O2. The van der Waals surface area contributed by atoms with E-state index in [1.807, 2.05) is 36.4 Å². The average molecular weight is 314 g/mol. The van der Waals surface area contributed by atoms with E-state index in [9.17, 15) is 4.79 Å². The Balaban J connectivity index is 0.000000403. The molecule has 2 heteroatoms. The van der Waals surface area contributed by atoms with Crippen molar-refractivity contribution in [1.82, 2.24) is 0 Å². The van der Waals surface area contributed by atoms with E-state index < -0.39 is 0 Å². The van der Waals surface area contributed by atoms with Crippen molar-refractivity contribution in [2.75, 3.05) is 6.61 Å². The number of aliphatic hydroxyl groups is 1. The third kappa shape index (κ3) is 11.3. The predicted octanol–water partition coefficient (Wildman–Crippen LogP) is 4.85. The summed E-state index contributed by atoms with van der Waals surface area (Å²) in [5.41, 5.74) is 2.68. The van der Waals surface area contributed by atoms with Crippen LogP contribution in [0.2, 0.25) is 0 Å². The van der Waals surface area contributed by atoms with Gasteiger partial charge in [0.15, 0.2) is 0 Å². The van der Waals surface area contributed by atoms with Gasteiger partial charge in [0.25, 0.3) is 0 Å². The van der Waals surface area contributed by atoms with Crippen LogP contribution in [0.3, 0.4) is 0 Å². The van der Waals surface area contributed by atoms with Crippen LogP contribution in [0, 0.1) is 0 Å². The highest BCUT2D eigenvalue weighted by Gasteiger charge is 1.90. The van der Waals surface area contributed by atoms with Gasteiger partial charge in [0.2, 0.25) is 0 Å². The molecule has 0 saturated heterocycles. The summed E-state index contributed by atoms with van der Waals surface area (Å²) >= 11 is 0. The molecule has 126 valence electrons. The van der Waals surface area contributed by atoms with Crippen molar-refractivity contribution in [3.05, 3.63) is 71.8 Å². The van der Waals surface area contributed by atoms with Gasteiger partial charge in [-0.3, -0.25) is 0 Å². The number of benzene rings is 2. The second-order valence-electron chi connectivity index (χ2n) is 5.21. The first-order valence-corrected chi connectivity index (χ1v) is 7.99. The van der Waals surface area contributed by atoms with Crippen LogP contribution in [-0.2, 0) is 17.6 Å². The number of aliphatic hydroxyl groups excluding tert-OH is 1. The lowest BCUT2D eigenvalue weighted by Crippen LogP contribution is -1.87. The molecule has 0 aliphatic heterocycles. The molecule has 0 spiro atoms. The predicted molar refractivity (Wildman–Crippen MR) is 98.6 cm³/mol. The molecule has 23 heavy (non-hydrogen) atoms. The van der Waals surface area contributed by atoms with Crippen LogP contribution in [0.4, 0.5) is 0 Å². The zero-order valence-corrected chi connectivity index (χ0v) is 13.2. The molecular weight excluding hydrogens is 284 g/mol. The summed E-state index contributed by atoms with van der Waals surface area (Å²) in [4.78, 5) is 10.00. The van der Waals surface area contributed by atoms with Crippen molar-refractivity contribution in [2.24, 2.45) is 0 Å². The van der Waals surface area contributed by atoms with Gasteiger partial charge in [-0.05, 0) is 43.2 Å². The summed E-state index contributed by atoms with van der Waals surface area (Å²) in [5, 5.41) is 8.54. The fourth-order valence-electron chi connectivity index (χ4n) is 2.12. The topological polar surface area (TPSA) is 37.3 Å². The molecule has 0 saturated carbocycles. The first-order chi connectivity index (χ1) is 10.9. The van der Waals surface area contributed by atoms with E-state index in [1.165, 1.54) is 11.1 Å². The van der Waals surface area contributed by atoms with Crippen molar-refractivity contribution in [2.45, 2.75) is 46.0 Å². The maximum atomic E-state index is 10.00. The molecule has 0 radical (unpaired) electrons. The Bertz CT molecular complexity index is 480. The number of aryl methyl sites for hydroxylation is 2. The Morgan fingerprint density at radius 1 is 0.739 bits per heavy atom. The molecule has 0 heterocycles. The summed E-state index contributed by atoms with van der Waals surface area (Å²) in [7, 11) is 0.